The summed E-state index contributed by atoms with van der Waals surface area (Å²) in [4.78, 5) is 14.4. The standard InChI is InChI=1S/C17H25NO3/c1-3-13-5-4-6-15(16(13)20)17(21)18(2)14-9-7-12(11-19)8-10-14/h4-6,12,14,19-20H,3,7-11H2,1-2H3. The summed E-state index contributed by atoms with van der Waals surface area (Å²) in [5, 5.41) is 19.4. The van der Waals surface area contributed by atoms with Crippen LogP contribution in [0.5, 0.6) is 5.75 Å². The lowest BCUT2D eigenvalue weighted by molar-refractivity contribution is 0.0650. The number of carbonyl (C=O) groups is 1. The van der Waals surface area contributed by atoms with Gasteiger partial charge < -0.3 is 15.1 Å². The summed E-state index contributed by atoms with van der Waals surface area (Å²) in [5.74, 6) is 0.373. The summed E-state index contributed by atoms with van der Waals surface area (Å²) >= 11 is 0. The molecule has 2 N–H and O–H groups in total. The lowest BCUT2D eigenvalue weighted by atomic mass is 9.86. The van der Waals surface area contributed by atoms with E-state index in [9.17, 15) is 15.0 Å². The molecule has 0 aliphatic heterocycles. The average molecular weight is 291 g/mol. The number of aliphatic hydroxyl groups is 1. The van der Waals surface area contributed by atoms with Crippen molar-refractivity contribution in [3.8, 4) is 5.75 Å². The minimum Gasteiger partial charge on any atom is -0.507 e. The second kappa shape index (κ2) is 6.94. The monoisotopic (exact) mass is 291 g/mol. The van der Waals surface area contributed by atoms with Gasteiger partial charge in [-0.3, -0.25) is 4.79 Å². The minimum absolute atomic E-state index is 0.112. The van der Waals surface area contributed by atoms with Gasteiger partial charge >= 0.3 is 0 Å². The van der Waals surface area contributed by atoms with E-state index < -0.39 is 0 Å². The van der Waals surface area contributed by atoms with Crippen LogP contribution in [0, 0.1) is 5.92 Å². The number of amides is 1. The first-order valence-corrected chi connectivity index (χ1v) is 7.77. The summed E-state index contributed by atoms with van der Waals surface area (Å²) in [6.07, 6.45) is 4.46. The smallest absolute Gasteiger partial charge is 0.257 e. The Labute approximate surface area is 126 Å². The zero-order chi connectivity index (χ0) is 15.4. The molecule has 21 heavy (non-hydrogen) atoms. The zero-order valence-electron chi connectivity index (χ0n) is 12.9. The van der Waals surface area contributed by atoms with E-state index in [1.807, 2.05) is 26.1 Å². The van der Waals surface area contributed by atoms with Gasteiger partial charge in [0.05, 0.1) is 5.56 Å². The van der Waals surface area contributed by atoms with Gasteiger partial charge in [-0.05, 0) is 49.7 Å². The number of aliphatic hydroxyl groups excluding tert-OH is 1. The van der Waals surface area contributed by atoms with Crippen molar-refractivity contribution in [3.05, 3.63) is 29.3 Å². The van der Waals surface area contributed by atoms with Crippen molar-refractivity contribution in [1.29, 1.82) is 0 Å². The fourth-order valence-corrected chi connectivity index (χ4v) is 3.12. The van der Waals surface area contributed by atoms with Gasteiger partial charge in [0.1, 0.15) is 5.75 Å². The second-order valence-electron chi connectivity index (χ2n) is 5.94. The normalized spacial score (nSPS) is 22.0. The highest BCUT2D eigenvalue weighted by atomic mass is 16.3. The Morgan fingerprint density at radius 2 is 1.95 bits per heavy atom. The quantitative estimate of drug-likeness (QED) is 0.896. The van der Waals surface area contributed by atoms with Crippen LogP contribution in [0.2, 0.25) is 0 Å². The van der Waals surface area contributed by atoms with E-state index >= 15 is 0 Å². The second-order valence-corrected chi connectivity index (χ2v) is 5.94. The molecule has 1 aromatic carbocycles. The number of carbonyl (C=O) groups excluding carboxylic acids is 1. The Bertz CT molecular complexity index is 493. The van der Waals surface area contributed by atoms with Crippen LogP contribution in [0.25, 0.3) is 0 Å². The van der Waals surface area contributed by atoms with Gasteiger partial charge in [0.15, 0.2) is 0 Å². The van der Waals surface area contributed by atoms with Gasteiger partial charge in [-0.2, -0.15) is 0 Å². The highest BCUT2D eigenvalue weighted by molar-refractivity contribution is 5.97. The first-order valence-electron chi connectivity index (χ1n) is 7.77. The summed E-state index contributed by atoms with van der Waals surface area (Å²) in [6, 6.07) is 5.55. The lowest BCUT2D eigenvalue weighted by Gasteiger charge is -2.34. The zero-order valence-corrected chi connectivity index (χ0v) is 12.9. The first kappa shape index (κ1) is 15.8. The van der Waals surface area contributed by atoms with Crippen molar-refractivity contribution >= 4 is 5.91 Å². The van der Waals surface area contributed by atoms with E-state index in [2.05, 4.69) is 0 Å². The maximum absolute atomic E-state index is 12.6. The molecule has 0 saturated heterocycles. The van der Waals surface area contributed by atoms with E-state index in [1.165, 1.54) is 0 Å². The molecule has 1 amide bonds. The van der Waals surface area contributed by atoms with E-state index in [1.54, 1.807) is 11.0 Å². The van der Waals surface area contributed by atoms with Gasteiger partial charge in [-0.25, -0.2) is 0 Å². The molecule has 0 aromatic heterocycles. The highest BCUT2D eigenvalue weighted by Crippen LogP contribution is 2.29. The maximum Gasteiger partial charge on any atom is 0.257 e. The van der Waals surface area contributed by atoms with Crippen molar-refractivity contribution in [3.63, 3.8) is 0 Å². The molecule has 0 atom stereocenters. The largest absolute Gasteiger partial charge is 0.507 e. The number of hydrogen-bond acceptors (Lipinski definition) is 3. The Hall–Kier alpha value is -1.55. The molecule has 1 aliphatic carbocycles. The predicted molar refractivity (Wildman–Crippen MR) is 82.4 cm³/mol. The molecule has 1 aromatic rings. The molecule has 0 bridgehead atoms. The number of phenols is 1. The number of hydrogen-bond donors (Lipinski definition) is 2. The van der Waals surface area contributed by atoms with Crippen molar-refractivity contribution in [2.24, 2.45) is 5.92 Å². The molecule has 1 saturated carbocycles. The van der Waals surface area contributed by atoms with Gasteiger partial charge in [-0.1, -0.05) is 19.1 Å². The van der Waals surface area contributed by atoms with Crippen LogP contribution in [0.3, 0.4) is 0 Å². The third-order valence-electron chi connectivity index (χ3n) is 4.67. The summed E-state index contributed by atoms with van der Waals surface area (Å²) < 4.78 is 0. The fourth-order valence-electron chi connectivity index (χ4n) is 3.12. The SMILES string of the molecule is CCc1cccc(C(=O)N(C)C2CCC(CO)CC2)c1O. The number of para-hydroxylation sites is 1. The average Bonchev–Trinajstić information content (AvgIpc) is 2.54. The minimum atomic E-state index is -0.116. The highest BCUT2D eigenvalue weighted by Gasteiger charge is 2.28. The Balaban J connectivity index is 2.09. The Morgan fingerprint density at radius 1 is 1.29 bits per heavy atom. The van der Waals surface area contributed by atoms with Gasteiger partial charge in [0, 0.05) is 19.7 Å². The van der Waals surface area contributed by atoms with Crippen LogP contribution in [0.4, 0.5) is 0 Å². The fraction of sp³-hybridized carbons (Fsp3) is 0.588. The molecule has 0 unspecified atom stereocenters. The van der Waals surface area contributed by atoms with Crippen molar-refractivity contribution in [2.45, 2.75) is 45.1 Å². The predicted octanol–water partition coefficient (Wildman–Crippen LogP) is 2.58. The molecule has 0 heterocycles. The topological polar surface area (TPSA) is 60.8 Å². The first-order chi connectivity index (χ1) is 10.1. The van der Waals surface area contributed by atoms with Crippen molar-refractivity contribution in [1.82, 2.24) is 4.90 Å². The van der Waals surface area contributed by atoms with Crippen LogP contribution < -0.4 is 0 Å². The number of aromatic hydroxyl groups is 1. The Morgan fingerprint density at radius 3 is 2.52 bits per heavy atom. The van der Waals surface area contributed by atoms with Crippen LogP contribution >= 0.6 is 0 Å². The van der Waals surface area contributed by atoms with Crippen molar-refractivity contribution < 1.29 is 15.0 Å². The van der Waals surface area contributed by atoms with E-state index in [-0.39, 0.29) is 24.3 Å². The molecule has 4 heteroatoms. The molecule has 116 valence electrons. The van der Waals surface area contributed by atoms with Crippen LogP contribution in [-0.4, -0.2) is 40.7 Å². The molecule has 0 radical (unpaired) electrons. The summed E-state index contributed by atoms with van der Waals surface area (Å²) in [7, 11) is 1.81. The number of nitrogens with zero attached hydrogens (tertiary/aromatic N) is 1. The molecule has 1 aliphatic rings. The van der Waals surface area contributed by atoms with Gasteiger partial charge in [0.25, 0.3) is 5.91 Å². The molecule has 2 rings (SSSR count). The number of aryl methyl sites for hydroxylation is 1. The molecular weight excluding hydrogens is 266 g/mol. The van der Waals surface area contributed by atoms with Crippen molar-refractivity contribution in [2.75, 3.05) is 13.7 Å². The van der Waals surface area contributed by atoms with Gasteiger partial charge in [0.2, 0.25) is 0 Å². The Kier molecular flexibility index (Phi) is 5.23. The van der Waals surface area contributed by atoms with E-state index in [4.69, 9.17) is 0 Å². The molecular formula is C17H25NO3. The lowest BCUT2D eigenvalue weighted by Crippen LogP contribution is -2.39. The van der Waals surface area contributed by atoms with Crippen LogP contribution in [0.15, 0.2) is 18.2 Å². The number of phenolic OH excluding ortho intramolecular Hbond substituents is 1. The third-order valence-corrected chi connectivity index (χ3v) is 4.67. The van der Waals surface area contributed by atoms with Gasteiger partial charge in [-0.15, -0.1) is 0 Å². The molecule has 4 nitrogen and oxygen atoms in total. The molecule has 1 fully saturated rings. The van der Waals surface area contributed by atoms with E-state index in [0.717, 1.165) is 31.2 Å². The maximum atomic E-state index is 12.6. The van der Waals surface area contributed by atoms with Crippen LogP contribution in [-0.2, 0) is 6.42 Å². The number of benzene rings is 1. The summed E-state index contributed by atoms with van der Waals surface area (Å²) in [6.45, 7) is 2.20. The van der Waals surface area contributed by atoms with E-state index in [0.29, 0.717) is 17.9 Å². The molecule has 0 spiro atoms. The third kappa shape index (κ3) is 3.38. The number of rotatable bonds is 4. The van der Waals surface area contributed by atoms with Crippen LogP contribution in [0.1, 0.15) is 48.5 Å². The summed E-state index contributed by atoms with van der Waals surface area (Å²) in [5.41, 5.74) is 1.19.